The molecule has 2 aromatic carbocycles. The maximum absolute atomic E-state index is 9.25. The first-order valence-electron chi connectivity index (χ1n) is 6.00. The highest BCUT2D eigenvalue weighted by Crippen LogP contribution is 2.33. The Morgan fingerprint density at radius 3 is 2.60 bits per heavy atom. The van der Waals surface area contributed by atoms with Gasteiger partial charge in [-0.05, 0) is 46.9 Å². The average Bonchev–Trinajstić information content (AvgIpc) is 2.50. The van der Waals surface area contributed by atoms with Gasteiger partial charge >= 0.3 is 0 Å². The van der Waals surface area contributed by atoms with E-state index in [0.717, 1.165) is 20.2 Å². The number of hydrogen-bond acceptors (Lipinski definition) is 3. The third-order valence-corrected chi connectivity index (χ3v) is 3.79. The molecule has 0 fully saturated rings. The van der Waals surface area contributed by atoms with Crippen LogP contribution in [0.4, 0.5) is 0 Å². The Bertz CT molecular complexity index is 824. The van der Waals surface area contributed by atoms with Gasteiger partial charge in [-0.2, -0.15) is 5.26 Å². The highest BCUT2D eigenvalue weighted by molar-refractivity contribution is 14.1. The lowest BCUT2D eigenvalue weighted by molar-refractivity contribution is 0.483. The summed E-state index contributed by atoms with van der Waals surface area (Å²) in [6, 6.07) is 17.5. The minimum absolute atomic E-state index is 0.434. The van der Waals surface area contributed by atoms with Crippen LogP contribution in [0.1, 0.15) is 5.56 Å². The molecule has 3 aromatic rings. The number of aromatic nitrogens is 1. The van der Waals surface area contributed by atoms with Crippen LogP contribution in [0.3, 0.4) is 0 Å². The smallest absolute Gasteiger partial charge is 0.156 e. The van der Waals surface area contributed by atoms with Gasteiger partial charge in [-0.25, -0.2) is 0 Å². The third-order valence-electron chi connectivity index (χ3n) is 2.90. The summed E-state index contributed by atoms with van der Waals surface area (Å²) < 4.78 is 6.97. The molecule has 0 bridgehead atoms. The molecule has 0 aliphatic heterocycles. The molecule has 3 rings (SSSR count). The van der Waals surface area contributed by atoms with E-state index in [1.165, 1.54) is 0 Å². The lowest BCUT2D eigenvalue weighted by atomic mass is 10.1. The molecule has 1 aromatic heterocycles. The predicted octanol–water partition coefficient (Wildman–Crippen LogP) is 4.50. The molecule has 0 N–H and O–H groups in total. The van der Waals surface area contributed by atoms with Crippen molar-refractivity contribution in [1.82, 2.24) is 4.98 Å². The molecule has 0 atom stereocenters. The van der Waals surface area contributed by atoms with E-state index in [-0.39, 0.29) is 0 Å². The summed E-state index contributed by atoms with van der Waals surface area (Å²) in [5.74, 6) is 1.29. The van der Waals surface area contributed by atoms with Crippen molar-refractivity contribution in [3.8, 4) is 17.6 Å². The number of nitriles is 1. The second-order valence-electron chi connectivity index (χ2n) is 4.16. The quantitative estimate of drug-likeness (QED) is 0.622. The number of fused-ring (bicyclic) bond motifs is 1. The van der Waals surface area contributed by atoms with Crippen LogP contribution in [-0.2, 0) is 0 Å². The Hall–Kier alpha value is -2.13. The largest absolute Gasteiger partial charge is 0.454 e. The Kier molecular flexibility index (Phi) is 3.52. The molecule has 0 spiro atoms. The highest BCUT2D eigenvalue weighted by atomic mass is 127. The van der Waals surface area contributed by atoms with Gasteiger partial charge in [-0.3, -0.25) is 4.98 Å². The lowest BCUT2D eigenvalue weighted by Crippen LogP contribution is -1.93. The molecule has 96 valence electrons. The summed E-state index contributed by atoms with van der Waals surface area (Å²) in [4.78, 5) is 4.27. The minimum atomic E-state index is 0.434. The van der Waals surface area contributed by atoms with Gasteiger partial charge in [0.1, 0.15) is 17.4 Å². The van der Waals surface area contributed by atoms with Gasteiger partial charge in [0, 0.05) is 11.6 Å². The first-order chi connectivity index (χ1) is 9.79. The number of ether oxygens (including phenoxy) is 1. The lowest BCUT2D eigenvalue weighted by Gasteiger charge is -2.11. The predicted molar refractivity (Wildman–Crippen MR) is 85.7 cm³/mol. The van der Waals surface area contributed by atoms with Crippen LogP contribution in [0.15, 0.2) is 54.7 Å². The fourth-order valence-electron chi connectivity index (χ4n) is 1.94. The SMILES string of the molecule is N#Cc1cnc2ccccc2c1Oc1ccccc1I. The number of pyridine rings is 1. The van der Waals surface area contributed by atoms with Gasteiger partial charge in [0.2, 0.25) is 0 Å². The van der Waals surface area contributed by atoms with E-state index in [4.69, 9.17) is 4.74 Å². The molecular formula is C16H9IN2O. The summed E-state index contributed by atoms with van der Waals surface area (Å²) >= 11 is 2.21. The molecular weight excluding hydrogens is 363 g/mol. The average molecular weight is 372 g/mol. The maximum Gasteiger partial charge on any atom is 0.156 e. The number of rotatable bonds is 2. The second-order valence-corrected chi connectivity index (χ2v) is 5.32. The van der Waals surface area contributed by atoms with Crippen molar-refractivity contribution in [2.24, 2.45) is 0 Å². The van der Waals surface area contributed by atoms with E-state index in [2.05, 4.69) is 33.6 Å². The Morgan fingerprint density at radius 2 is 1.80 bits per heavy atom. The minimum Gasteiger partial charge on any atom is -0.454 e. The van der Waals surface area contributed by atoms with Crippen LogP contribution in [-0.4, -0.2) is 4.98 Å². The topological polar surface area (TPSA) is 45.9 Å². The van der Waals surface area contributed by atoms with Crippen LogP contribution >= 0.6 is 22.6 Å². The first-order valence-corrected chi connectivity index (χ1v) is 7.07. The van der Waals surface area contributed by atoms with Gasteiger partial charge < -0.3 is 4.74 Å². The zero-order valence-electron chi connectivity index (χ0n) is 10.4. The number of halogens is 1. The van der Waals surface area contributed by atoms with Crippen LogP contribution < -0.4 is 4.74 Å². The van der Waals surface area contributed by atoms with E-state index in [1.54, 1.807) is 6.20 Å². The zero-order chi connectivity index (χ0) is 13.9. The summed E-state index contributed by atoms with van der Waals surface area (Å²) in [6.07, 6.45) is 1.55. The monoisotopic (exact) mass is 372 g/mol. The molecule has 0 saturated carbocycles. The van der Waals surface area contributed by atoms with E-state index in [1.807, 2.05) is 48.5 Å². The molecule has 0 amide bonds. The van der Waals surface area contributed by atoms with Crippen LogP contribution in [0.5, 0.6) is 11.5 Å². The van der Waals surface area contributed by atoms with Crippen molar-refractivity contribution >= 4 is 33.5 Å². The van der Waals surface area contributed by atoms with E-state index in [0.29, 0.717) is 11.3 Å². The summed E-state index contributed by atoms with van der Waals surface area (Å²) in [5.41, 5.74) is 1.25. The van der Waals surface area contributed by atoms with E-state index >= 15 is 0 Å². The van der Waals surface area contributed by atoms with Crippen LogP contribution in [0.25, 0.3) is 10.9 Å². The molecule has 3 nitrogen and oxygen atoms in total. The number of para-hydroxylation sites is 2. The zero-order valence-corrected chi connectivity index (χ0v) is 12.5. The first kappa shape index (κ1) is 12.9. The fraction of sp³-hybridized carbons (Fsp3) is 0. The van der Waals surface area contributed by atoms with Crippen molar-refractivity contribution in [2.75, 3.05) is 0 Å². The standard InChI is InChI=1S/C16H9IN2O/c17-13-6-2-4-8-15(13)20-16-11(9-18)10-19-14-7-3-1-5-12(14)16/h1-8,10H. The molecule has 20 heavy (non-hydrogen) atoms. The van der Waals surface area contributed by atoms with Gasteiger partial charge in [-0.15, -0.1) is 0 Å². The van der Waals surface area contributed by atoms with E-state index in [9.17, 15) is 5.26 Å². The van der Waals surface area contributed by atoms with Crippen molar-refractivity contribution in [2.45, 2.75) is 0 Å². The molecule has 0 unspecified atom stereocenters. The van der Waals surface area contributed by atoms with Crippen molar-refractivity contribution in [3.05, 3.63) is 63.9 Å². The van der Waals surface area contributed by atoms with Crippen molar-refractivity contribution in [3.63, 3.8) is 0 Å². The Morgan fingerprint density at radius 1 is 1.05 bits per heavy atom. The van der Waals surface area contributed by atoms with Crippen molar-refractivity contribution in [1.29, 1.82) is 5.26 Å². The van der Waals surface area contributed by atoms with Crippen LogP contribution in [0.2, 0.25) is 0 Å². The fourth-order valence-corrected chi connectivity index (χ4v) is 2.44. The van der Waals surface area contributed by atoms with Gasteiger partial charge in [0.25, 0.3) is 0 Å². The molecule has 4 heteroatoms. The molecule has 1 heterocycles. The van der Waals surface area contributed by atoms with Crippen LogP contribution in [0, 0.1) is 14.9 Å². The normalized spacial score (nSPS) is 10.2. The number of benzene rings is 2. The van der Waals surface area contributed by atoms with Crippen molar-refractivity contribution < 1.29 is 4.74 Å². The third kappa shape index (κ3) is 2.32. The Labute approximate surface area is 130 Å². The van der Waals surface area contributed by atoms with E-state index < -0.39 is 0 Å². The number of nitrogens with zero attached hydrogens (tertiary/aromatic N) is 2. The van der Waals surface area contributed by atoms with Gasteiger partial charge in [0.05, 0.1) is 9.09 Å². The second kappa shape index (κ2) is 5.47. The summed E-state index contributed by atoms with van der Waals surface area (Å²) in [6.45, 7) is 0. The molecule has 0 aliphatic rings. The number of hydrogen-bond donors (Lipinski definition) is 0. The Balaban J connectivity index is 2.20. The summed E-state index contributed by atoms with van der Waals surface area (Å²) in [7, 11) is 0. The highest BCUT2D eigenvalue weighted by Gasteiger charge is 2.12. The molecule has 0 aliphatic carbocycles. The van der Waals surface area contributed by atoms with Gasteiger partial charge in [-0.1, -0.05) is 24.3 Å². The summed E-state index contributed by atoms with van der Waals surface area (Å²) in [5, 5.41) is 10.1. The molecule has 0 saturated heterocycles. The molecule has 0 radical (unpaired) electrons. The maximum atomic E-state index is 9.25. The van der Waals surface area contributed by atoms with Gasteiger partial charge in [0.15, 0.2) is 5.75 Å².